The third kappa shape index (κ3) is 2.43. The molecule has 0 bridgehead atoms. The number of carbonyl (C=O) groups is 1. The Balaban J connectivity index is 2.03. The summed E-state index contributed by atoms with van der Waals surface area (Å²) in [6, 6.07) is 7.51. The lowest BCUT2D eigenvalue weighted by Gasteiger charge is -2.23. The van der Waals surface area contributed by atoms with Crippen molar-refractivity contribution in [3.63, 3.8) is 0 Å². The molecular formula is C14H18O2. The molecule has 16 heavy (non-hydrogen) atoms. The van der Waals surface area contributed by atoms with Gasteiger partial charge in [-0.15, -0.1) is 0 Å². The van der Waals surface area contributed by atoms with Gasteiger partial charge in [-0.3, -0.25) is 4.79 Å². The monoisotopic (exact) mass is 218 g/mol. The number of benzene rings is 1. The molecule has 0 spiro atoms. The Morgan fingerprint density at radius 3 is 2.31 bits per heavy atom. The van der Waals surface area contributed by atoms with E-state index < -0.39 is 0 Å². The second-order valence-corrected chi connectivity index (χ2v) is 4.68. The first kappa shape index (κ1) is 11.2. The largest absolute Gasteiger partial charge is 0.491 e. The van der Waals surface area contributed by atoms with Crippen LogP contribution < -0.4 is 4.74 Å². The Bertz CT molecular complexity index is 361. The van der Waals surface area contributed by atoms with Crippen LogP contribution in [0, 0.1) is 5.92 Å². The lowest BCUT2D eigenvalue weighted by Crippen LogP contribution is -2.21. The van der Waals surface area contributed by atoms with Gasteiger partial charge in [-0.1, -0.05) is 6.42 Å². The van der Waals surface area contributed by atoms with E-state index in [1.54, 1.807) is 0 Å². The number of ether oxygens (including phenoxy) is 1. The van der Waals surface area contributed by atoms with Crippen LogP contribution in [0.15, 0.2) is 24.3 Å². The van der Waals surface area contributed by atoms with Crippen molar-refractivity contribution in [3.05, 3.63) is 29.8 Å². The zero-order valence-electron chi connectivity index (χ0n) is 9.90. The topological polar surface area (TPSA) is 26.3 Å². The van der Waals surface area contributed by atoms with Crippen molar-refractivity contribution in [2.75, 3.05) is 0 Å². The predicted molar refractivity (Wildman–Crippen MR) is 63.9 cm³/mol. The number of rotatable bonds is 4. The van der Waals surface area contributed by atoms with E-state index >= 15 is 0 Å². The molecule has 2 rings (SSSR count). The number of hydrogen-bond donors (Lipinski definition) is 0. The summed E-state index contributed by atoms with van der Waals surface area (Å²) < 4.78 is 5.54. The first-order valence-electron chi connectivity index (χ1n) is 5.98. The highest BCUT2D eigenvalue weighted by molar-refractivity contribution is 5.98. The molecular weight excluding hydrogens is 200 g/mol. The summed E-state index contributed by atoms with van der Waals surface area (Å²) in [5, 5.41) is 0. The average Bonchev–Trinajstić information content (AvgIpc) is 2.15. The van der Waals surface area contributed by atoms with Gasteiger partial charge in [0.25, 0.3) is 0 Å². The number of ketones is 1. The molecule has 1 fully saturated rings. The van der Waals surface area contributed by atoms with Crippen LogP contribution in [-0.4, -0.2) is 11.9 Å². The molecule has 1 aromatic rings. The molecule has 1 aliphatic carbocycles. The van der Waals surface area contributed by atoms with Gasteiger partial charge in [0, 0.05) is 11.5 Å². The van der Waals surface area contributed by atoms with Crippen LogP contribution in [-0.2, 0) is 0 Å². The maximum Gasteiger partial charge on any atom is 0.165 e. The van der Waals surface area contributed by atoms with Gasteiger partial charge in [0.15, 0.2) is 5.78 Å². The average molecular weight is 218 g/mol. The predicted octanol–water partition coefficient (Wildman–Crippen LogP) is 3.46. The third-order valence-corrected chi connectivity index (χ3v) is 2.99. The highest BCUT2D eigenvalue weighted by Crippen LogP contribution is 2.30. The van der Waals surface area contributed by atoms with Crippen molar-refractivity contribution < 1.29 is 9.53 Å². The summed E-state index contributed by atoms with van der Waals surface area (Å²) in [5.74, 6) is 1.40. The van der Waals surface area contributed by atoms with E-state index in [4.69, 9.17) is 4.74 Å². The van der Waals surface area contributed by atoms with E-state index in [1.165, 1.54) is 6.42 Å². The molecule has 1 saturated carbocycles. The molecule has 2 heteroatoms. The van der Waals surface area contributed by atoms with Crippen molar-refractivity contribution in [2.45, 2.75) is 39.2 Å². The molecule has 86 valence electrons. The van der Waals surface area contributed by atoms with Gasteiger partial charge in [0.05, 0.1) is 6.10 Å². The first-order chi connectivity index (χ1) is 7.66. The van der Waals surface area contributed by atoms with Crippen LogP contribution in [0.2, 0.25) is 0 Å². The van der Waals surface area contributed by atoms with Crippen LogP contribution >= 0.6 is 0 Å². The highest BCUT2D eigenvalue weighted by Gasteiger charge is 2.25. The lowest BCUT2D eigenvalue weighted by atomic mass is 9.80. The Hall–Kier alpha value is -1.31. The molecule has 1 aliphatic rings. The lowest BCUT2D eigenvalue weighted by molar-refractivity contribution is 0.0855. The van der Waals surface area contributed by atoms with Gasteiger partial charge in [-0.05, 0) is 51.0 Å². The van der Waals surface area contributed by atoms with Gasteiger partial charge in [-0.2, -0.15) is 0 Å². The van der Waals surface area contributed by atoms with Crippen molar-refractivity contribution in [1.82, 2.24) is 0 Å². The molecule has 2 nitrogen and oxygen atoms in total. The Morgan fingerprint density at radius 1 is 1.25 bits per heavy atom. The molecule has 0 radical (unpaired) electrons. The van der Waals surface area contributed by atoms with Crippen molar-refractivity contribution in [3.8, 4) is 5.75 Å². The van der Waals surface area contributed by atoms with Crippen LogP contribution in [0.3, 0.4) is 0 Å². The molecule has 0 heterocycles. The fourth-order valence-electron chi connectivity index (χ4n) is 1.88. The molecule has 0 unspecified atom stereocenters. The van der Waals surface area contributed by atoms with Crippen LogP contribution in [0.1, 0.15) is 43.5 Å². The highest BCUT2D eigenvalue weighted by atomic mass is 16.5. The van der Waals surface area contributed by atoms with Gasteiger partial charge in [0.2, 0.25) is 0 Å². The standard InChI is InChI=1S/C14H18O2/c1-10(2)16-13-8-6-12(7-9-13)14(15)11-4-3-5-11/h6-11H,3-5H2,1-2H3. The van der Waals surface area contributed by atoms with E-state index in [1.807, 2.05) is 38.1 Å². The Kier molecular flexibility index (Phi) is 3.28. The zero-order chi connectivity index (χ0) is 11.5. The molecule has 0 aromatic heterocycles. The van der Waals surface area contributed by atoms with E-state index in [2.05, 4.69) is 0 Å². The van der Waals surface area contributed by atoms with Crippen LogP contribution in [0.25, 0.3) is 0 Å². The van der Waals surface area contributed by atoms with Crippen molar-refractivity contribution in [1.29, 1.82) is 0 Å². The molecule has 0 saturated heterocycles. The molecule has 0 amide bonds. The summed E-state index contributed by atoms with van der Waals surface area (Å²) in [6.07, 6.45) is 3.49. The molecule has 1 aromatic carbocycles. The Labute approximate surface area is 96.6 Å². The Morgan fingerprint density at radius 2 is 1.88 bits per heavy atom. The summed E-state index contributed by atoms with van der Waals surface area (Å²) >= 11 is 0. The zero-order valence-corrected chi connectivity index (χ0v) is 9.90. The van der Waals surface area contributed by atoms with E-state index in [0.717, 1.165) is 24.2 Å². The van der Waals surface area contributed by atoms with Crippen molar-refractivity contribution >= 4 is 5.78 Å². The fraction of sp³-hybridized carbons (Fsp3) is 0.500. The summed E-state index contributed by atoms with van der Waals surface area (Å²) in [5.41, 5.74) is 0.820. The summed E-state index contributed by atoms with van der Waals surface area (Å²) in [4.78, 5) is 11.9. The maximum absolute atomic E-state index is 11.9. The summed E-state index contributed by atoms with van der Waals surface area (Å²) in [7, 11) is 0. The quantitative estimate of drug-likeness (QED) is 0.723. The number of carbonyl (C=O) groups excluding carboxylic acids is 1. The smallest absolute Gasteiger partial charge is 0.165 e. The minimum absolute atomic E-state index is 0.174. The summed E-state index contributed by atoms with van der Waals surface area (Å²) in [6.45, 7) is 3.99. The molecule has 0 atom stereocenters. The second-order valence-electron chi connectivity index (χ2n) is 4.68. The van der Waals surface area contributed by atoms with Gasteiger partial charge in [-0.25, -0.2) is 0 Å². The minimum Gasteiger partial charge on any atom is -0.491 e. The van der Waals surface area contributed by atoms with Gasteiger partial charge >= 0.3 is 0 Å². The number of hydrogen-bond acceptors (Lipinski definition) is 2. The maximum atomic E-state index is 11.9. The minimum atomic E-state index is 0.174. The van der Waals surface area contributed by atoms with Gasteiger partial charge < -0.3 is 4.74 Å². The third-order valence-electron chi connectivity index (χ3n) is 2.99. The normalized spacial score (nSPS) is 15.9. The van der Waals surface area contributed by atoms with E-state index in [-0.39, 0.29) is 12.0 Å². The van der Waals surface area contributed by atoms with Crippen LogP contribution in [0.5, 0.6) is 5.75 Å². The molecule has 0 N–H and O–H groups in total. The first-order valence-corrected chi connectivity index (χ1v) is 5.98. The van der Waals surface area contributed by atoms with Crippen molar-refractivity contribution in [2.24, 2.45) is 5.92 Å². The fourth-order valence-corrected chi connectivity index (χ4v) is 1.88. The second kappa shape index (κ2) is 4.69. The number of Topliss-reactive ketones (excluding diaryl/α,β-unsaturated/α-hetero) is 1. The van der Waals surface area contributed by atoms with Gasteiger partial charge in [0.1, 0.15) is 5.75 Å². The van der Waals surface area contributed by atoms with Crippen LogP contribution in [0.4, 0.5) is 0 Å². The van der Waals surface area contributed by atoms with E-state index in [9.17, 15) is 4.79 Å². The SMILES string of the molecule is CC(C)Oc1ccc(C(=O)C2CCC2)cc1. The van der Waals surface area contributed by atoms with E-state index in [0.29, 0.717) is 5.78 Å². The molecule has 0 aliphatic heterocycles.